The Hall–Kier alpha value is -2.73. The second-order valence-electron chi connectivity index (χ2n) is 6.87. The molecule has 1 aliphatic heterocycles. The summed E-state index contributed by atoms with van der Waals surface area (Å²) in [4.78, 5) is 15.2. The van der Waals surface area contributed by atoms with Crippen LogP contribution >= 0.6 is 0 Å². The molecule has 0 bridgehead atoms. The zero-order chi connectivity index (χ0) is 19.4. The minimum absolute atomic E-state index is 0.0394. The van der Waals surface area contributed by atoms with Crippen LogP contribution in [0.25, 0.3) is 0 Å². The summed E-state index contributed by atoms with van der Waals surface area (Å²) in [5, 5.41) is 10.0. The molecule has 0 aliphatic carbocycles. The number of ether oxygens (including phenoxy) is 2. The van der Waals surface area contributed by atoms with Crippen LogP contribution in [0.15, 0.2) is 36.4 Å². The Morgan fingerprint density at radius 3 is 2.11 bits per heavy atom. The van der Waals surface area contributed by atoms with Gasteiger partial charge in [-0.15, -0.1) is 0 Å². The summed E-state index contributed by atoms with van der Waals surface area (Å²) in [7, 11) is 3.09. The number of hydrogen-bond acceptors (Lipinski definition) is 5. The number of nitrogens with zero attached hydrogens (tertiary/aromatic N) is 1. The SMILES string of the molecule is COc1cc(C[NH+]2CCN(c3ccc(C(C)=O)cc3)CC2)cc(OC)c1O. The van der Waals surface area contributed by atoms with Crippen LogP contribution in [-0.2, 0) is 6.54 Å². The fraction of sp³-hybridized carbons (Fsp3) is 0.381. The lowest BCUT2D eigenvalue weighted by Gasteiger charge is -2.33. The van der Waals surface area contributed by atoms with E-state index in [0.29, 0.717) is 11.5 Å². The number of nitrogens with one attached hydrogen (secondary N) is 1. The molecular formula is C21H27N2O4+. The van der Waals surface area contributed by atoms with Crippen LogP contribution in [0.2, 0.25) is 0 Å². The zero-order valence-electron chi connectivity index (χ0n) is 16.1. The maximum absolute atomic E-state index is 11.4. The first-order valence-electron chi connectivity index (χ1n) is 9.15. The van der Waals surface area contributed by atoms with Crippen LogP contribution < -0.4 is 19.3 Å². The number of hydrogen-bond donors (Lipinski definition) is 2. The highest BCUT2D eigenvalue weighted by atomic mass is 16.5. The number of carbonyl (C=O) groups is 1. The number of ketones is 1. The first kappa shape index (κ1) is 19.0. The van der Waals surface area contributed by atoms with Crippen molar-refractivity contribution in [3.8, 4) is 17.2 Å². The molecule has 0 atom stereocenters. The Morgan fingerprint density at radius 2 is 1.63 bits per heavy atom. The third-order valence-corrected chi connectivity index (χ3v) is 5.10. The Bertz CT molecular complexity index is 771. The number of Topliss-reactive ketones (excluding diaryl/α,β-unsaturated/α-hetero) is 1. The molecule has 6 nitrogen and oxygen atoms in total. The highest BCUT2D eigenvalue weighted by Gasteiger charge is 2.22. The second kappa shape index (κ2) is 8.31. The van der Waals surface area contributed by atoms with Gasteiger partial charge in [-0.05, 0) is 43.3 Å². The Morgan fingerprint density at radius 1 is 1.07 bits per heavy atom. The lowest BCUT2D eigenvalue weighted by Crippen LogP contribution is -3.13. The predicted molar refractivity (Wildman–Crippen MR) is 104 cm³/mol. The van der Waals surface area contributed by atoms with E-state index in [1.165, 1.54) is 4.90 Å². The second-order valence-corrected chi connectivity index (χ2v) is 6.87. The third-order valence-electron chi connectivity index (χ3n) is 5.10. The summed E-state index contributed by atoms with van der Waals surface area (Å²) in [5.74, 6) is 1.01. The molecule has 0 saturated carbocycles. The molecule has 3 rings (SSSR count). The quantitative estimate of drug-likeness (QED) is 0.754. The van der Waals surface area contributed by atoms with E-state index in [9.17, 15) is 9.90 Å². The average molecular weight is 371 g/mol. The maximum atomic E-state index is 11.4. The average Bonchev–Trinajstić information content (AvgIpc) is 2.69. The number of aromatic hydroxyl groups is 1. The van der Waals surface area contributed by atoms with E-state index >= 15 is 0 Å². The fourth-order valence-corrected chi connectivity index (χ4v) is 3.50. The van der Waals surface area contributed by atoms with E-state index < -0.39 is 0 Å². The van der Waals surface area contributed by atoms with Crippen molar-refractivity contribution in [2.45, 2.75) is 13.5 Å². The largest absolute Gasteiger partial charge is 0.502 e. The molecule has 1 fully saturated rings. The number of benzene rings is 2. The molecule has 0 unspecified atom stereocenters. The van der Waals surface area contributed by atoms with Crippen LogP contribution in [0.4, 0.5) is 5.69 Å². The first-order chi connectivity index (χ1) is 13.0. The number of phenols is 1. The van der Waals surface area contributed by atoms with Crippen molar-refractivity contribution in [1.82, 2.24) is 0 Å². The molecule has 144 valence electrons. The van der Waals surface area contributed by atoms with Crippen LogP contribution in [0.3, 0.4) is 0 Å². The summed E-state index contributed by atoms with van der Waals surface area (Å²) >= 11 is 0. The van der Waals surface area contributed by atoms with Gasteiger partial charge in [0, 0.05) is 16.8 Å². The topological polar surface area (TPSA) is 63.4 Å². The van der Waals surface area contributed by atoms with Gasteiger partial charge in [-0.3, -0.25) is 4.79 Å². The van der Waals surface area contributed by atoms with E-state index in [2.05, 4.69) is 4.90 Å². The van der Waals surface area contributed by atoms with Gasteiger partial charge in [0.1, 0.15) is 6.54 Å². The van der Waals surface area contributed by atoms with Crippen LogP contribution in [0.5, 0.6) is 17.2 Å². The van der Waals surface area contributed by atoms with Gasteiger partial charge in [0.2, 0.25) is 5.75 Å². The first-order valence-corrected chi connectivity index (χ1v) is 9.15. The highest BCUT2D eigenvalue weighted by Crippen LogP contribution is 2.36. The number of anilines is 1. The van der Waals surface area contributed by atoms with Crippen molar-refractivity contribution in [3.63, 3.8) is 0 Å². The third kappa shape index (κ3) is 4.34. The van der Waals surface area contributed by atoms with Crippen molar-refractivity contribution in [2.75, 3.05) is 45.3 Å². The van der Waals surface area contributed by atoms with Gasteiger partial charge in [0.25, 0.3) is 0 Å². The van der Waals surface area contributed by atoms with Gasteiger partial charge in [0.05, 0.1) is 40.4 Å². The van der Waals surface area contributed by atoms with Gasteiger partial charge >= 0.3 is 0 Å². The van der Waals surface area contributed by atoms with E-state index in [1.807, 2.05) is 36.4 Å². The van der Waals surface area contributed by atoms with Crippen LogP contribution in [-0.4, -0.2) is 51.3 Å². The lowest BCUT2D eigenvalue weighted by atomic mass is 10.1. The molecular weight excluding hydrogens is 344 g/mol. The number of rotatable bonds is 6. The standard InChI is InChI=1S/C21H26N2O4/c1-15(24)17-4-6-18(7-5-17)23-10-8-22(9-11-23)14-16-12-19(26-2)21(25)20(13-16)27-3/h4-7,12-13,25H,8-11,14H2,1-3H3/p+1. The lowest BCUT2D eigenvalue weighted by molar-refractivity contribution is -0.914. The van der Waals surface area contributed by atoms with Crippen molar-refractivity contribution >= 4 is 11.5 Å². The minimum Gasteiger partial charge on any atom is -0.502 e. The molecule has 27 heavy (non-hydrogen) atoms. The Kier molecular flexibility index (Phi) is 5.86. The van der Waals surface area contributed by atoms with Crippen LogP contribution in [0.1, 0.15) is 22.8 Å². The van der Waals surface area contributed by atoms with Gasteiger partial charge in [-0.1, -0.05) is 0 Å². The number of carbonyl (C=O) groups excluding carboxylic acids is 1. The Balaban J connectivity index is 1.62. The molecule has 2 aromatic rings. The molecule has 0 radical (unpaired) electrons. The molecule has 2 N–H and O–H groups in total. The number of phenolic OH excluding ortho intramolecular Hbond substituents is 1. The summed E-state index contributed by atoms with van der Waals surface area (Å²) in [5.41, 5.74) is 2.99. The van der Waals surface area contributed by atoms with Crippen LogP contribution in [0, 0.1) is 0 Å². The van der Waals surface area contributed by atoms with Crippen molar-refractivity contribution < 1.29 is 24.3 Å². The highest BCUT2D eigenvalue weighted by molar-refractivity contribution is 5.94. The minimum atomic E-state index is 0.0394. The van der Waals surface area contributed by atoms with Gasteiger partial charge in [0.15, 0.2) is 17.3 Å². The van der Waals surface area contributed by atoms with Gasteiger partial charge in [-0.2, -0.15) is 0 Å². The summed E-state index contributed by atoms with van der Waals surface area (Å²) in [6.07, 6.45) is 0. The maximum Gasteiger partial charge on any atom is 0.200 e. The van der Waals surface area contributed by atoms with E-state index in [1.54, 1.807) is 21.1 Å². The van der Waals surface area contributed by atoms with E-state index in [4.69, 9.17) is 9.47 Å². The van der Waals surface area contributed by atoms with E-state index in [-0.39, 0.29) is 11.5 Å². The Labute approximate surface area is 159 Å². The van der Waals surface area contributed by atoms with Crippen molar-refractivity contribution in [2.24, 2.45) is 0 Å². The fourth-order valence-electron chi connectivity index (χ4n) is 3.50. The predicted octanol–water partition coefficient (Wildman–Crippen LogP) is 1.52. The molecule has 0 aromatic heterocycles. The van der Waals surface area contributed by atoms with Gasteiger partial charge < -0.3 is 24.4 Å². The van der Waals surface area contributed by atoms with Crippen molar-refractivity contribution in [1.29, 1.82) is 0 Å². The molecule has 6 heteroatoms. The van der Waals surface area contributed by atoms with Gasteiger partial charge in [-0.25, -0.2) is 0 Å². The number of quaternary nitrogens is 1. The zero-order valence-corrected chi connectivity index (χ0v) is 16.1. The molecule has 1 aliphatic rings. The number of piperazine rings is 1. The molecule has 1 saturated heterocycles. The summed E-state index contributed by atoms with van der Waals surface area (Å²) in [6.45, 7) is 6.39. The summed E-state index contributed by atoms with van der Waals surface area (Å²) in [6, 6.07) is 11.6. The molecule has 0 spiro atoms. The van der Waals surface area contributed by atoms with E-state index in [0.717, 1.165) is 49.5 Å². The molecule has 0 amide bonds. The normalized spacial score (nSPS) is 14.9. The molecule has 2 aromatic carbocycles. The summed E-state index contributed by atoms with van der Waals surface area (Å²) < 4.78 is 10.5. The monoisotopic (exact) mass is 371 g/mol. The number of methoxy groups -OCH3 is 2. The molecule has 1 heterocycles. The smallest absolute Gasteiger partial charge is 0.200 e. The van der Waals surface area contributed by atoms with Crippen molar-refractivity contribution in [3.05, 3.63) is 47.5 Å².